The van der Waals surface area contributed by atoms with Gasteiger partial charge in [0.25, 0.3) is 5.91 Å². The zero-order valence-corrected chi connectivity index (χ0v) is 28.0. The number of halogens is 3. The van der Waals surface area contributed by atoms with Crippen molar-refractivity contribution >= 4 is 29.4 Å². The van der Waals surface area contributed by atoms with Crippen LogP contribution in [0, 0.1) is 35.0 Å². The zero-order valence-electron chi connectivity index (χ0n) is 28.0. The minimum absolute atomic E-state index is 0.0726. The standard InChI is InChI=1S/C34H49F3N4O6/c1-18(2)21-15-23(24(16-21)31(45)39-25(29(43)30(38)44)11-12-34(35,36)37)28(42)27(22-13-19-9-7-8-10-20(19)14-22)41-32(46)40-26(17-47-6)33(3,4)5/h7-10,18,21-27H,11-17H2,1-6H3,(H2,38,44)(H,39,45)(H2,40,41,46)/t21-,23?,24?,25?,26?,27?/m0/s1. The molecule has 2 aliphatic carbocycles. The number of amides is 4. The number of carbonyl (C=O) groups is 5. The quantitative estimate of drug-likeness (QED) is 0.221. The maximum absolute atomic E-state index is 14.6. The van der Waals surface area contributed by atoms with Crippen LogP contribution in [0.15, 0.2) is 24.3 Å². The topological polar surface area (TPSA) is 157 Å². The smallest absolute Gasteiger partial charge is 0.383 e. The number of nitrogens with one attached hydrogen (secondary N) is 3. The van der Waals surface area contributed by atoms with E-state index in [0.29, 0.717) is 19.3 Å². The number of rotatable bonds is 14. The molecule has 0 radical (unpaired) electrons. The van der Waals surface area contributed by atoms with Gasteiger partial charge in [-0.1, -0.05) is 58.9 Å². The minimum Gasteiger partial charge on any atom is -0.383 e. The molecule has 0 saturated heterocycles. The highest BCUT2D eigenvalue weighted by Gasteiger charge is 2.48. The van der Waals surface area contributed by atoms with Gasteiger partial charge < -0.3 is 26.4 Å². The van der Waals surface area contributed by atoms with Crippen LogP contribution in [0.5, 0.6) is 0 Å². The van der Waals surface area contributed by atoms with Crippen LogP contribution < -0.4 is 21.7 Å². The van der Waals surface area contributed by atoms with E-state index in [4.69, 9.17) is 10.5 Å². The summed E-state index contributed by atoms with van der Waals surface area (Å²) in [6.07, 6.45) is -5.30. The van der Waals surface area contributed by atoms with Crippen molar-refractivity contribution in [2.45, 2.75) is 97.4 Å². The Hall–Kier alpha value is -3.48. The Morgan fingerprint density at radius 1 is 0.915 bits per heavy atom. The van der Waals surface area contributed by atoms with Crippen molar-refractivity contribution in [2.75, 3.05) is 13.7 Å². The number of fused-ring (bicyclic) bond motifs is 1. The van der Waals surface area contributed by atoms with E-state index in [9.17, 15) is 37.1 Å². The highest BCUT2D eigenvalue weighted by molar-refractivity contribution is 6.37. The normalized spacial score (nSPS) is 21.9. The van der Waals surface area contributed by atoms with Crippen molar-refractivity contribution in [3.63, 3.8) is 0 Å². The van der Waals surface area contributed by atoms with E-state index in [2.05, 4.69) is 16.0 Å². The molecule has 262 valence electrons. The Morgan fingerprint density at radius 3 is 1.98 bits per heavy atom. The maximum Gasteiger partial charge on any atom is 0.389 e. The number of hydrogen-bond donors (Lipinski definition) is 4. The summed E-state index contributed by atoms with van der Waals surface area (Å²) in [6, 6.07) is 4.06. The van der Waals surface area contributed by atoms with Gasteiger partial charge in [0.2, 0.25) is 11.7 Å². The molecule has 6 atom stereocenters. The molecular formula is C34H49F3N4O6. The van der Waals surface area contributed by atoms with Crippen LogP contribution in [0.25, 0.3) is 0 Å². The SMILES string of the molecule is COCC(NC(=O)NC(C(=O)C1C[C@H](C(C)C)CC1C(=O)NC(CCC(F)(F)F)C(=O)C(N)=O)C1Cc2ccccc2C1)C(C)(C)C. The lowest BCUT2D eigenvalue weighted by Crippen LogP contribution is -2.57. The Bertz CT molecular complexity index is 1290. The maximum atomic E-state index is 14.6. The predicted octanol–water partition coefficient (Wildman–Crippen LogP) is 3.88. The number of alkyl halides is 3. The lowest BCUT2D eigenvalue weighted by Gasteiger charge is -2.33. The lowest BCUT2D eigenvalue weighted by atomic mass is 9.81. The fourth-order valence-corrected chi connectivity index (χ4v) is 6.75. The van der Waals surface area contributed by atoms with Gasteiger partial charge in [-0.15, -0.1) is 0 Å². The number of urea groups is 1. The monoisotopic (exact) mass is 666 g/mol. The summed E-state index contributed by atoms with van der Waals surface area (Å²) in [7, 11) is 1.53. The van der Waals surface area contributed by atoms with Crippen LogP contribution in [0.4, 0.5) is 18.0 Å². The number of nitrogens with two attached hydrogens (primary N) is 1. The molecule has 0 heterocycles. The summed E-state index contributed by atoms with van der Waals surface area (Å²) in [4.78, 5) is 65.8. The van der Waals surface area contributed by atoms with E-state index in [1.807, 2.05) is 58.9 Å². The molecule has 0 aromatic heterocycles. The summed E-state index contributed by atoms with van der Waals surface area (Å²) >= 11 is 0. The first-order chi connectivity index (χ1) is 21.8. The number of methoxy groups -OCH3 is 1. The van der Waals surface area contributed by atoms with Gasteiger partial charge >= 0.3 is 12.2 Å². The van der Waals surface area contributed by atoms with Crippen LogP contribution in [0.2, 0.25) is 0 Å². The third-order valence-electron chi connectivity index (χ3n) is 9.67. The summed E-state index contributed by atoms with van der Waals surface area (Å²) in [5.74, 6) is -6.14. The van der Waals surface area contributed by atoms with Gasteiger partial charge in [0.1, 0.15) is 0 Å². The lowest BCUT2D eigenvalue weighted by molar-refractivity contribution is -0.145. The van der Waals surface area contributed by atoms with E-state index < -0.39 is 66.6 Å². The molecule has 3 rings (SSSR count). The van der Waals surface area contributed by atoms with E-state index in [1.54, 1.807) is 0 Å². The highest BCUT2D eigenvalue weighted by Crippen LogP contribution is 2.43. The Balaban J connectivity index is 1.92. The highest BCUT2D eigenvalue weighted by atomic mass is 19.4. The first-order valence-corrected chi connectivity index (χ1v) is 16.2. The van der Waals surface area contributed by atoms with Crippen LogP contribution in [0.3, 0.4) is 0 Å². The van der Waals surface area contributed by atoms with Crippen LogP contribution in [-0.4, -0.2) is 67.4 Å². The molecule has 0 spiro atoms. The Morgan fingerprint density at radius 2 is 1.49 bits per heavy atom. The number of carbonyl (C=O) groups excluding carboxylic acids is 5. The molecule has 0 bridgehead atoms. The van der Waals surface area contributed by atoms with E-state index in [0.717, 1.165) is 11.1 Å². The van der Waals surface area contributed by atoms with Crippen LogP contribution >= 0.6 is 0 Å². The van der Waals surface area contributed by atoms with Crippen LogP contribution in [-0.2, 0) is 36.8 Å². The van der Waals surface area contributed by atoms with E-state index in [-0.39, 0.29) is 48.0 Å². The Labute approximate surface area is 274 Å². The molecule has 13 heteroatoms. The largest absolute Gasteiger partial charge is 0.389 e. The number of primary amides is 1. The van der Waals surface area contributed by atoms with Gasteiger partial charge in [-0.3, -0.25) is 19.2 Å². The summed E-state index contributed by atoms with van der Waals surface area (Å²) in [5.41, 5.74) is 6.84. The number of ether oxygens (including phenoxy) is 1. The average molecular weight is 667 g/mol. The second-order valence-corrected chi connectivity index (χ2v) is 14.4. The molecule has 2 aliphatic rings. The molecule has 4 amide bonds. The van der Waals surface area contributed by atoms with Crippen LogP contribution in [0.1, 0.15) is 71.4 Å². The average Bonchev–Trinajstić information content (AvgIpc) is 3.61. The molecule has 1 saturated carbocycles. The van der Waals surface area contributed by atoms with Crippen molar-refractivity contribution < 1.29 is 41.9 Å². The molecule has 1 fully saturated rings. The van der Waals surface area contributed by atoms with E-state index in [1.165, 1.54) is 7.11 Å². The molecule has 5 N–H and O–H groups in total. The first-order valence-electron chi connectivity index (χ1n) is 16.2. The zero-order chi connectivity index (χ0) is 35.3. The molecule has 1 aromatic rings. The molecule has 5 unspecified atom stereocenters. The van der Waals surface area contributed by atoms with Crippen molar-refractivity contribution in [2.24, 2.45) is 40.7 Å². The van der Waals surface area contributed by atoms with Crippen molar-refractivity contribution in [1.82, 2.24) is 16.0 Å². The fraction of sp³-hybridized carbons (Fsp3) is 0.676. The third kappa shape index (κ3) is 10.3. The predicted molar refractivity (Wildman–Crippen MR) is 169 cm³/mol. The number of Topliss-reactive ketones (excluding diaryl/α,β-unsaturated/α-hetero) is 2. The van der Waals surface area contributed by atoms with Crippen molar-refractivity contribution in [3.8, 4) is 0 Å². The molecular weight excluding hydrogens is 617 g/mol. The number of ketones is 2. The van der Waals surface area contributed by atoms with E-state index >= 15 is 0 Å². The van der Waals surface area contributed by atoms with Gasteiger partial charge in [0, 0.05) is 25.4 Å². The van der Waals surface area contributed by atoms with Gasteiger partial charge in [0.05, 0.1) is 24.7 Å². The molecule has 47 heavy (non-hydrogen) atoms. The number of hydrogen-bond acceptors (Lipinski definition) is 6. The fourth-order valence-electron chi connectivity index (χ4n) is 6.75. The summed E-state index contributed by atoms with van der Waals surface area (Å²) in [6.45, 7) is 10.00. The Kier molecular flexibility index (Phi) is 12.6. The third-order valence-corrected chi connectivity index (χ3v) is 9.67. The first kappa shape index (κ1) is 38.0. The molecule has 10 nitrogen and oxygen atoms in total. The second-order valence-electron chi connectivity index (χ2n) is 14.4. The van der Waals surface area contributed by atoms with Crippen molar-refractivity contribution in [3.05, 3.63) is 35.4 Å². The van der Waals surface area contributed by atoms with Crippen molar-refractivity contribution in [1.29, 1.82) is 0 Å². The number of benzene rings is 1. The van der Waals surface area contributed by atoms with Gasteiger partial charge in [0.15, 0.2) is 5.78 Å². The molecule has 0 aliphatic heterocycles. The summed E-state index contributed by atoms with van der Waals surface area (Å²) in [5, 5.41) is 8.18. The van der Waals surface area contributed by atoms with Gasteiger partial charge in [-0.2, -0.15) is 13.2 Å². The second kappa shape index (κ2) is 15.6. The minimum atomic E-state index is -4.64. The van der Waals surface area contributed by atoms with Gasteiger partial charge in [-0.25, -0.2) is 4.79 Å². The van der Waals surface area contributed by atoms with Gasteiger partial charge in [-0.05, 0) is 66.4 Å². The summed E-state index contributed by atoms with van der Waals surface area (Å²) < 4.78 is 44.4. The molecule has 1 aromatic carbocycles.